The summed E-state index contributed by atoms with van der Waals surface area (Å²) in [6.45, 7) is 0.351. The van der Waals surface area contributed by atoms with Crippen LogP contribution in [0.15, 0.2) is 17.4 Å². The summed E-state index contributed by atoms with van der Waals surface area (Å²) in [5.41, 5.74) is 5.74. The van der Waals surface area contributed by atoms with Gasteiger partial charge in [0.2, 0.25) is 0 Å². The average molecular weight is 225 g/mol. The molecule has 6 heteroatoms. The van der Waals surface area contributed by atoms with Crippen LogP contribution >= 0.6 is 11.8 Å². The van der Waals surface area contributed by atoms with Gasteiger partial charge in [0.05, 0.1) is 0 Å². The first kappa shape index (κ1) is 11.7. The van der Waals surface area contributed by atoms with Crippen LogP contribution in [0.5, 0.6) is 0 Å². The first-order chi connectivity index (χ1) is 7.19. The number of carboxylic acids is 1. The fourth-order valence-electron chi connectivity index (χ4n) is 0.962. The highest BCUT2D eigenvalue weighted by Crippen LogP contribution is 2.13. The molecule has 0 saturated carbocycles. The van der Waals surface area contributed by atoms with Crippen molar-refractivity contribution in [3.8, 4) is 0 Å². The summed E-state index contributed by atoms with van der Waals surface area (Å²) >= 11 is 1.30. The lowest BCUT2D eigenvalue weighted by Crippen LogP contribution is -2.05. The molecule has 0 atom stereocenters. The lowest BCUT2D eigenvalue weighted by atomic mass is 10.2. The zero-order valence-corrected chi connectivity index (χ0v) is 8.99. The molecule has 3 N–H and O–H groups in total. The van der Waals surface area contributed by atoms with E-state index in [9.17, 15) is 4.79 Å². The molecule has 0 saturated heterocycles. The number of aromatic carboxylic acids is 1. The molecule has 0 amide bonds. The third-order valence-electron chi connectivity index (χ3n) is 1.61. The minimum atomic E-state index is -1.07. The molecule has 0 radical (unpaired) electrons. The molecular weight excluding hydrogens is 214 g/mol. The van der Waals surface area contributed by atoms with Gasteiger partial charge >= 0.3 is 5.97 Å². The molecule has 0 aliphatic carbocycles. The van der Waals surface area contributed by atoms with E-state index in [1.165, 1.54) is 18.0 Å². The first-order valence-electron chi connectivity index (χ1n) is 4.20. The highest BCUT2D eigenvalue weighted by atomic mass is 32.2. The number of rotatable bonds is 4. The Morgan fingerprint density at radius 2 is 2.47 bits per heavy atom. The molecule has 80 valence electrons. The lowest BCUT2D eigenvalue weighted by Gasteiger charge is -2.01. The third-order valence-corrected chi connectivity index (χ3v) is 2.18. The van der Waals surface area contributed by atoms with E-state index in [2.05, 4.69) is 9.97 Å². The Morgan fingerprint density at radius 1 is 1.73 bits per heavy atom. The molecule has 0 spiro atoms. The Labute approximate surface area is 91.4 Å². The molecule has 1 rings (SSSR count). The Kier molecular flexibility index (Phi) is 4.26. The van der Waals surface area contributed by atoms with Crippen LogP contribution in [-0.2, 0) is 0 Å². The maximum atomic E-state index is 10.9. The van der Waals surface area contributed by atoms with Gasteiger partial charge in [0.1, 0.15) is 0 Å². The second-order valence-corrected chi connectivity index (χ2v) is 3.38. The van der Waals surface area contributed by atoms with Crippen LogP contribution in [-0.4, -0.2) is 33.8 Å². The number of nitrogens with zero attached hydrogens (tertiary/aromatic N) is 2. The monoisotopic (exact) mass is 225 g/mol. The van der Waals surface area contributed by atoms with Crippen LogP contribution < -0.4 is 5.73 Å². The van der Waals surface area contributed by atoms with Crippen LogP contribution in [0.4, 0.5) is 0 Å². The number of hydrogen-bond acceptors (Lipinski definition) is 5. The van der Waals surface area contributed by atoms with Gasteiger partial charge in [0.15, 0.2) is 10.9 Å². The summed E-state index contributed by atoms with van der Waals surface area (Å²) in [5.74, 6) is -1.07. The van der Waals surface area contributed by atoms with Gasteiger partial charge in [-0.15, -0.1) is 0 Å². The van der Waals surface area contributed by atoms with Crippen molar-refractivity contribution in [3.63, 3.8) is 0 Å². The third kappa shape index (κ3) is 3.03. The van der Waals surface area contributed by atoms with E-state index >= 15 is 0 Å². The molecule has 5 nitrogen and oxygen atoms in total. The van der Waals surface area contributed by atoms with Crippen LogP contribution in [0.1, 0.15) is 16.1 Å². The van der Waals surface area contributed by atoms with Gasteiger partial charge in [-0.1, -0.05) is 23.9 Å². The Balaban J connectivity index is 3.15. The maximum Gasteiger partial charge on any atom is 0.355 e. The fourth-order valence-corrected chi connectivity index (χ4v) is 1.30. The van der Waals surface area contributed by atoms with Crippen molar-refractivity contribution in [2.45, 2.75) is 5.16 Å². The largest absolute Gasteiger partial charge is 0.476 e. The van der Waals surface area contributed by atoms with E-state index in [-0.39, 0.29) is 5.69 Å². The van der Waals surface area contributed by atoms with Crippen molar-refractivity contribution in [1.82, 2.24) is 9.97 Å². The average Bonchev–Trinajstić information content (AvgIpc) is 2.26. The van der Waals surface area contributed by atoms with E-state index in [1.807, 2.05) is 0 Å². The minimum Gasteiger partial charge on any atom is -0.476 e. The predicted molar refractivity (Wildman–Crippen MR) is 58.9 cm³/mol. The highest BCUT2D eigenvalue weighted by Gasteiger charge is 2.11. The number of hydrogen-bond donors (Lipinski definition) is 2. The highest BCUT2D eigenvalue weighted by molar-refractivity contribution is 7.98. The molecule has 1 aromatic rings. The maximum absolute atomic E-state index is 10.9. The summed E-state index contributed by atoms with van der Waals surface area (Å²) in [6.07, 6.45) is 6.53. The number of thioether (sulfide) groups is 1. The summed E-state index contributed by atoms with van der Waals surface area (Å²) in [7, 11) is 0. The second kappa shape index (κ2) is 5.47. The number of carbonyl (C=O) groups is 1. The second-order valence-electron chi connectivity index (χ2n) is 2.60. The Bertz CT molecular complexity index is 393. The Hall–Kier alpha value is -1.40. The van der Waals surface area contributed by atoms with Gasteiger partial charge in [-0.25, -0.2) is 14.8 Å². The topological polar surface area (TPSA) is 89.1 Å². The molecular formula is C9H11N3O2S. The summed E-state index contributed by atoms with van der Waals surface area (Å²) in [4.78, 5) is 18.8. The van der Waals surface area contributed by atoms with Crippen molar-refractivity contribution in [1.29, 1.82) is 0 Å². The molecule has 15 heavy (non-hydrogen) atoms. The number of carboxylic acid groups (broad SMARTS) is 1. The minimum absolute atomic E-state index is 0.000880. The van der Waals surface area contributed by atoms with Gasteiger partial charge in [0.25, 0.3) is 0 Å². The van der Waals surface area contributed by atoms with E-state index in [1.54, 1.807) is 18.4 Å². The summed E-state index contributed by atoms with van der Waals surface area (Å²) in [5, 5.41) is 9.36. The molecule has 0 fully saturated rings. The van der Waals surface area contributed by atoms with E-state index < -0.39 is 5.97 Å². The molecule has 0 aromatic carbocycles. The predicted octanol–water partition coefficient (Wildman–Crippen LogP) is 0.869. The quantitative estimate of drug-likeness (QED) is 0.583. The zero-order chi connectivity index (χ0) is 11.3. The first-order valence-corrected chi connectivity index (χ1v) is 5.42. The van der Waals surface area contributed by atoms with Crippen LogP contribution in [0.2, 0.25) is 0 Å². The summed E-state index contributed by atoms with van der Waals surface area (Å²) in [6, 6.07) is 0. The molecule has 1 heterocycles. The standard InChI is InChI=1S/C9H11N3O2S/c1-15-9-11-5-6(3-2-4-10)7(12-9)8(13)14/h2-3,5H,4,10H2,1H3,(H,13,14). The van der Waals surface area contributed by atoms with Crippen molar-refractivity contribution in [2.75, 3.05) is 12.8 Å². The van der Waals surface area contributed by atoms with Gasteiger partial charge < -0.3 is 10.8 Å². The lowest BCUT2D eigenvalue weighted by molar-refractivity contribution is 0.0689. The molecule has 0 bridgehead atoms. The van der Waals surface area contributed by atoms with E-state index in [4.69, 9.17) is 10.8 Å². The van der Waals surface area contributed by atoms with Crippen LogP contribution in [0, 0.1) is 0 Å². The van der Waals surface area contributed by atoms with Crippen molar-refractivity contribution in [3.05, 3.63) is 23.5 Å². The van der Waals surface area contributed by atoms with Crippen LogP contribution in [0.25, 0.3) is 6.08 Å². The Morgan fingerprint density at radius 3 is 3.00 bits per heavy atom. The number of nitrogens with two attached hydrogens (primary N) is 1. The van der Waals surface area contributed by atoms with E-state index in [0.717, 1.165) is 0 Å². The normalized spacial score (nSPS) is 10.8. The fraction of sp³-hybridized carbons (Fsp3) is 0.222. The van der Waals surface area contributed by atoms with E-state index in [0.29, 0.717) is 17.3 Å². The van der Waals surface area contributed by atoms with Gasteiger partial charge in [-0.05, 0) is 6.26 Å². The van der Waals surface area contributed by atoms with Crippen molar-refractivity contribution < 1.29 is 9.90 Å². The number of aromatic nitrogens is 2. The van der Waals surface area contributed by atoms with Gasteiger partial charge in [-0.2, -0.15) is 0 Å². The smallest absolute Gasteiger partial charge is 0.355 e. The van der Waals surface area contributed by atoms with Crippen molar-refractivity contribution in [2.24, 2.45) is 5.73 Å². The SMILES string of the molecule is CSc1ncc(C=CCN)c(C(=O)O)n1. The van der Waals surface area contributed by atoms with Gasteiger partial charge in [-0.3, -0.25) is 0 Å². The summed E-state index contributed by atoms with van der Waals surface area (Å²) < 4.78 is 0. The molecule has 0 unspecified atom stereocenters. The zero-order valence-electron chi connectivity index (χ0n) is 8.17. The van der Waals surface area contributed by atoms with Crippen molar-refractivity contribution >= 4 is 23.8 Å². The van der Waals surface area contributed by atoms with Crippen LogP contribution in [0.3, 0.4) is 0 Å². The van der Waals surface area contributed by atoms with Gasteiger partial charge in [0, 0.05) is 18.3 Å². The molecule has 0 aliphatic rings. The molecule has 0 aliphatic heterocycles. The molecule has 1 aromatic heterocycles.